The Morgan fingerprint density at radius 1 is 1.47 bits per heavy atom. The molecule has 0 unspecified atom stereocenters. The first-order valence-corrected chi connectivity index (χ1v) is 5.57. The van der Waals surface area contributed by atoms with Crippen LogP contribution in [0.4, 0.5) is 5.00 Å². The average molecular weight is 220 g/mol. The minimum absolute atomic E-state index is 0.584. The van der Waals surface area contributed by atoms with Crippen molar-refractivity contribution in [2.75, 3.05) is 5.73 Å². The monoisotopic (exact) mass is 220 g/mol. The molecule has 2 aromatic rings. The zero-order valence-electron chi connectivity index (χ0n) is 8.43. The van der Waals surface area contributed by atoms with E-state index in [1.54, 1.807) is 6.20 Å². The number of nitrogens with two attached hydrogens (primary N) is 1. The number of benzene rings is 1. The van der Waals surface area contributed by atoms with Crippen LogP contribution in [0.1, 0.15) is 12.5 Å². The summed E-state index contributed by atoms with van der Waals surface area (Å²) in [4.78, 5) is 4.04. The van der Waals surface area contributed by atoms with E-state index >= 15 is 0 Å². The van der Waals surface area contributed by atoms with Crippen LogP contribution in [0, 0.1) is 0 Å². The molecule has 0 aliphatic carbocycles. The maximum Gasteiger partial charge on any atom is 0.280 e. The third-order valence-corrected chi connectivity index (χ3v) is 2.72. The van der Waals surface area contributed by atoms with Gasteiger partial charge in [-0.2, -0.15) is 0 Å². The average Bonchev–Trinajstić information content (AvgIpc) is 2.64. The minimum atomic E-state index is 0.584. The summed E-state index contributed by atoms with van der Waals surface area (Å²) in [6, 6.07) is 7.97. The van der Waals surface area contributed by atoms with Gasteiger partial charge in [0.25, 0.3) is 5.19 Å². The SMILES string of the molecule is CCc1cccc(Oc2ncc(N)s2)c1. The Morgan fingerprint density at radius 2 is 2.33 bits per heavy atom. The van der Waals surface area contributed by atoms with Crippen molar-refractivity contribution in [3.63, 3.8) is 0 Å². The van der Waals surface area contributed by atoms with Gasteiger partial charge in [0.1, 0.15) is 10.8 Å². The van der Waals surface area contributed by atoms with Gasteiger partial charge in [-0.3, -0.25) is 0 Å². The topological polar surface area (TPSA) is 48.1 Å². The highest BCUT2D eigenvalue weighted by molar-refractivity contribution is 7.17. The molecular formula is C11H12N2OS. The molecule has 0 saturated carbocycles. The van der Waals surface area contributed by atoms with Gasteiger partial charge >= 0.3 is 0 Å². The Kier molecular flexibility index (Phi) is 2.87. The van der Waals surface area contributed by atoms with Crippen LogP contribution in [0.5, 0.6) is 10.9 Å². The molecule has 78 valence electrons. The zero-order valence-corrected chi connectivity index (χ0v) is 9.25. The Labute approximate surface area is 92.5 Å². The van der Waals surface area contributed by atoms with Gasteiger partial charge in [-0.25, -0.2) is 4.98 Å². The number of aromatic nitrogens is 1. The molecule has 1 aromatic carbocycles. The van der Waals surface area contributed by atoms with Crippen molar-refractivity contribution in [1.82, 2.24) is 4.98 Å². The summed E-state index contributed by atoms with van der Waals surface area (Å²) >= 11 is 1.34. The van der Waals surface area contributed by atoms with Crippen molar-refractivity contribution in [2.24, 2.45) is 0 Å². The Balaban J connectivity index is 2.16. The largest absolute Gasteiger partial charge is 0.431 e. The van der Waals surface area contributed by atoms with E-state index < -0.39 is 0 Å². The van der Waals surface area contributed by atoms with Gasteiger partial charge in [0.15, 0.2) is 0 Å². The number of hydrogen-bond donors (Lipinski definition) is 1. The quantitative estimate of drug-likeness (QED) is 0.864. The molecule has 3 nitrogen and oxygen atoms in total. The summed E-state index contributed by atoms with van der Waals surface area (Å²) in [5.41, 5.74) is 6.81. The molecule has 0 spiro atoms. The van der Waals surface area contributed by atoms with E-state index in [0.29, 0.717) is 10.2 Å². The van der Waals surface area contributed by atoms with Crippen molar-refractivity contribution in [1.29, 1.82) is 0 Å². The molecular weight excluding hydrogens is 208 g/mol. The lowest BCUT2D eigenvalue weighted by Crippen LogP contribution is -1.85. The number of anilines is 1. The second-order valence-electron chi connectivity index (χ2n) is 3.13. The van der Waals surface area contributed by atoms with Crippen LogP contribution in [-0.2, 0) is 6.42 Å². The molecule has 2 N–H and O–H groups in total. The number of thiazole rings is 1. The van der Waals surface area contributed by atoms with Gasteiger partial charge in [-0.05, 0) is 24.1 Å². The predicted molar refractivity (Wildman–Crippen MR) is 62.4 cm³/mol. The lowest BCUT2D eigenvalue weighted by Gasteiger charge is -2.02. The maximum absolute atomic E-state index is 5.57. The second kappa shape index (κ2) is 4.31. The highest BCUT2D eigenvalue weighted by Crippen LogP contribution is 2.28. The van der Waals surface area contributed by atoms with Crippen LogP contribution in [0.3, 0.4) is 0 Å². The van der Waals surface area contributed by atoms with Crippen molar-refractivity contribution in [3.8, 4) is 10.9 Å². The molecule has 4 heteroatoms. The summed E-state index contributed by atoms with van der Waals surface area (Å²) in [7, 11) is 0. The van der Waals surface area contributed by atoms with E-state index in [1.165, 1.54) is 16.9 Å². The van der Waals surface area contributed by atoms with E-state index in [1.807, 2.05) is 18.2 Å². The van der Waals surface area contributed by atoms with Crippen LogP contribution in [0.25, 0.3) is 0 Å². The Morgan fingerprint density at radius 3 is 3.00 bits per heavy atom. The molecule has 0 bridgehead atoms. The number of ether oxygens (including phenoxy) is 1. The van der Waals surface area contributed by atoms with Crippen molar-refractivity contribution in [3.05, 3.63) is 36.0 Å². The summed E-state index contributed by atoms with van der Waals surface area (Å²) in [6.07, 6.45) is 2.60. The number of hydrogen-bond acceptors (Lipinski definition) is 4. The number of nitrogen functional groups attached to an aromatic ring is 1. The van der Waals surface area contributed by atoms with E-state index in [4.69, 9.17) is 10.5 Å². The van der Waals surface area contributed by atoms with E-state index in [2.05, 4.69) is 18.0 Å². The van der Waals surface area contributed by atoms with Crippen molar-refractivity contribution < 1.29 is 4.74 Å². The molecule has 0 atom stereocenters. The molecule has 0 saturated heterocycles. The van der Waals surface area contributed by atoms with Gasteiger partial charge in [0.05, 0.1) is 6.20 Å². The van der Waals surface area contributed by atoms with Gasteiger partial charge in [0, 0.05) is 0 Å². The molecule has 1 aromatic heterocycles. The van der Waals surface area contributed by atoms with Gasteiger partial charge < -0.3 is 10.5 Å². The normalized spacial score (nSPS) is 10.2. The lowest BCUT2D eigenvalue weighted by atomic mass is 10.2. The number of aryl methyl sites for hydroxylation is 1. The standard InChI is InChI=1S/C11H12N2OS/c1-2-8-4-3-5-9(6-8)14-11-13-7-10(12)15-11/h3-7H,2,12H2,1H3. The Bertz CT molecular complexity index is 453. The fraction of sp³-hybridized carbons (Fsp3) is 0.182. The molecule has 0 fully saturated rings. The smallest absolute Gasteiger partial charge is 0.280 e. The molecule has 0 amide bonds. The minimum Gasteiger partial charge on any atom is -0.431 e. The van der Waals surface area contributed by atoms with Gasteiger partial charge in [-0.15, -0.1) is 0 Å². The highest BCUT2D eigenvalue weighted by atomic mass is 32.1. The van der Waals surface area contributed by atoms with E-state index in [0.717, 1.165) is 12.2 Å². The van der Waals surface area contributed by atoms with Crippen molar-refractivity contribution >= 4 is 16.3 Å². The molecule has 2 rings (SSSR count). The molecule has 15 heavy (non-hydrogen) atoms. The number of rotatable bonds is 3. The van der Waals surface area contributed by atoms with Crippen LogP contribution in [0.15, 0.2) is 30.5 Å². The molecule has 0 aliphatic rings. The summed E-state index contributed by atoms with van der Waals surface area (Å²) < 4.78 is 5.57. The maximum atomic E-state index is 5.57. The third-order valence-electron chi connectivity index (χ3n) is 2.01. The first-order valence-electron chi connectivity index (χ1n) is 4.76. The van der Waals surface area contributed by atoms with E-state index in [9.17, 15) is 0 Å². The first kappa shape index (κ1) is 9.98. The van der Waals surface area contributed by atoms with Crippen molar-refractivity contribution in [2.45, 2.75) is 13.3 Å². The van der Waals surface area contributed by atoms with Gasteiger partial charge in [-0.1, -0.05) is 30.4 Å². The zero-order chi connectivity index (χ0) is 10.7. The predicted octanol–water partition coefficient (Wildman–Crippen LogP) is 3.08. The third kappa shape index (κ3) is 2.47. The highest BCUT2D eigenvalue weighted by Gasteiger charge is 2.02. The van der Waals surface area contributed by atoms with Crippen LogP contribution >= 0.6 is 11.3 Å². The molecule has 0 aliphatic heterocycles. The second-order valence-corrected chi connectivity index (χ2v) is 4.16. The molecule has 0 radical (unpaired) electrons. The first-order chi connectivity index (χ1) is 7.28. The van der Waals surface area contributed by atoms with Crippen LogP contribution in [0.2, 0.25) is 0 Å². The fourth-order valence-electron chi connectivity index (χ4n) is 1.25. The summed E-state index contributed by atoms with van der Waals surface area (Å²) in [5, 5.41) is 1.25. The lowest BCUT2D eigenvalue weighted by molar-refractivity contribution is 0.478. The number of nitrogens with zero attached hydrogens (tertiary/aromatic N) is 1. The van der Waals surface area contributed by atoms with Gasteiger partial charge in [0.2, 0.25) is 0 Å². The van der Waals surface area contributed by atoms with Crippen LogP contribution < -0.4 is 10.5 Å². The van der Waals surface area contributed by atoms with E-state index in [-0.39, 0.29) is 0 Å². The Hall–Kier alpha value is -1.55. The molecule has 1 heterocycles. The summed E-state index contributed by atoms with van der Waals surface area (Å²) in [5.74, 6) is 0.809. The summed E-state index contributed by atoms with van der Waals surface area (Å²) in [6.45, 7) is 2.11. The fourth-order valence-corrected chi connectivity index (χ4v) is 1.80. The van der Waals surface area contributed by atoms with Crippen LogP contribution in [-0.4, -0.2) is 4.98 Å².